The Morgan fingerprint density at radius 2 is 1.83 bits per heavy atom. The number of hydrazone groups is 1. The number of para-hydroxylation sites is 1. The van der Waals surface area contributed by atoms with Gasteiger partial charge in [0.2, 0.25) is 0 Å². The molecule has 0 saturated carbocycles. The van der Waals surface area contributed by atoms with Crippen LogP contribution in [0.5, 0.6) is 0 Å². The fourth-order valence-electron chi connectivity index (χ4n) is 3.04. The minimum atomic E-state index is -0.538. The zero-order valence-corrected chi connectivity index (χ0v) is 20.2. The predicted molar refractivity (Wildman–Crippen MR) is 136 cm³/mol. The molecule has 4 aromatic rings. The third-order valence-corrected chi connectivity index (χ3v) is 6.19. The van der Waals surface area contributed by atoms with Gasteiger partial charge in [0.25, 0.3) is 11.6 Å². The maximum atomic E-state index is 12.4. The molecule has 12 heteroatoms. The van der Waals surface area contributed by atoms with Crippen LogP contribution in [0.15, 0.2) is 83.1 Å². The molecule has 0 spiro atoms. The van der Waals surface area contributed by atoms with Gasteiger partial charge in [0.05, 0.1) is 16.9 Å². The molecule has 0 bridgehead atoms. The lowest BCUT2D eigenvalue weighted by molar-refractivity contribution is -0.384. The highest BCUT2D eigenvalue weighted by molar-refractivity contribution is 7.99. The standard InChI is InChI=1S/C23H16Cl2N6O3S/c24-17-8-6-15(7-9-17)22-28-29-23(30(22)18-4-2-1-3-5-18)35-14-21(32)27-26-13-16-12-19(31(33)34)10-11-20(16)25/h1-13H,14H2,(H,27,32)/b26-13+. The number of non-ortho nitro benzene ring substituents is 1. The van der Waals surface area contributed by atoms with Crippen LogP contribution in [0.1, 0.15) is 5.56 Å². The van der Waals surface area contributed by atoms with E-state index in [0.717, 1.165) is 11.3 Å². The van der Waals surface area contributed by atoms with Gasteiger partial charge in [-0.3, -0.25) is 19.5 Å². The maximum absolute atomic E-state index is 12.4. The average Bonchev–Trinajstić information content (AvgIpc) is 3.28. The summed E-state index contributed by atoms with van der Waals surface area (Å²) in [4.78, 5) is 22.8. The normalized spacial score (nSPS) is 11.0. The number of carbonyl (C=O) groups is 1. The van der Waals surface area contributed by atoms with Crippen molar-refractivity contribution in [2.24, 2.45) is 5.10 Å². The van der Waals surface area contributed by atoms with Gasteiger partial charge >= 0.3 is 0 Å². The number of thioether (sulfide) groups is 1. The summed E-state index contributed by atoms with van der Waals surface area (Å²) in [6.45, 7) is 0. The molecule has 0 aliphatic heterocycles. The Morgan fingerprint density at radius 3 is 2.54 bits per heavy atom. The van der Waals surface area contributed by atoms with Crippen LogP contribution < -0.4 is 5.43 Å². The van der Waals surface area contributed by atoms with Gasteiger partial charge < -0.3 is 0 Å². The van der Waals surface area contributed by atoms with E-state index in [1.807, 2.05) is 47.0 Å². The molecule has 0 aliphatic rings. The summed E-state index contributed by atoms with van der Waals surface area (Å²) in [6.07, 6.45) is 1.25. The lowest BCUT2D eigenvalue weighted by atomic mass is 10.2. The Labute approximate surface area is 213 Å². The van der Waals surface area contributed by atoms with Crippen LogP contribution >= 0.6 is 35.0 Å². The minimum absolute atomic E-state index is 0.00555. The number of aromatic nitrogens is 3. The smallest absolute Gasteiger partial charge is 0.270 e. The third kappa shape index (κ3) is 6.04. The summed E-state index contributed by atoms with van der Waals surface area (Å²) < 4.78 is 1.85. The Bertz CT molecular complexity index is 1390. The van der Waals surface area contributed by atoms with Crippen LogP contribution in [0.25, 0.3) is 17.1 Å². The van der Waals surface area contributed by atoms with Crippen molar-refractivity contribution < 1.29 is 9.72 Å². The van der Waals surface area contributed by atoms with Gasteiger partial charge in [0, 0.05) is 39.0 Å². The molecule has 0 fully saturated rings. The fraction of sp³-hybridized carbons (Fsp3) is 0.0435. The molecule has 1 amide bonds. The van der Waals surface area contributed by atoms with Gasteiger partial charge in [-0.2, -0.15) is 5.10 Å². The molecule has 1 heterocycles. The quantitative estimate of drug-likeness (QED) is 0.142. The number of hydrogen-bond donors (Lipinski definition) is 1. The van der Waals surface area contributed by atoms with Crippen molar-refractivity contribution in [3.8, 4) is 17.1 Å². The zero-order valence-electron chi connectivity index (χ0n) is 17.8. The first-order valence-corrected chi connectivity index (χ1v) is 11.8. The van der Waals surface area contributed by atoms with Gasteiger partial charge in [0.15, 0.2) is 11.0 Å². The largest absolute Gasteiger partial charge is 0.272 e. The van der Waals surface area contributed by atoms with E-state index in [1.165, 1.54) is 36.2 Å². The minimum Gasteiger partial charge on any atom is -0.272 e. The second kappa shape index (κ2) is 11.1. The van der Waals surface area contributed by atoms with Gasteiger partial charge in [-0.1, -0.05) is 53.2 Å². The highest BCUT2D eigenvalue weighted by Gasteiger charge is 2.17. The van der Waals surface area contributed by atoms with Crippen molar-refractivity contribution in [3.63, 3.8) is 0 Å². The molecule has 3 aromatic carbocycles. The van der Waals surface area contributed by atoms with E-state index in [-0.39, 0.29) is 16.5 Å². The van der Waals surface area contributed by atoms with Crippen molar-refractivity contribution in [2.75, 3.05) is 5.75 Å². The van der Waals surface area contributed by atoms with E-state index in [1.54, 1.807) is 12.1 Å². The molecular weight excluding hydrogens is 511 g/mol. The van der Waals surface area contributed by atoms with Crippen molar-refractivity contribution in [2.45, 2.75) is 5.16 Å². The van der Waals surface area contributed by atoms with Gasteiger partial charge in [0.1, 0.15) is 0 Å². The lowest BCUT2D eigenvalue weighted by Gasteiger charge is -2.10. The summed E-state index contributed by atoms with van der Waals surface area (Å²) in [5.41, 5.74) is 4.23. The Balaban J connectivity index is 1.48. The molecule has 176 valence electrons. The summed E-state index contributed by atoms with van der Waals surface area (Å²) in [6, 6.07) is 20.7. The van der Waals surface area contributed by atoms with E-state index in [4.69, 9.17) is 23.2 Å². The van der Waals surface area contributed by atoms with E-state index in [9.17, 15) is 14.9 Å². The molecule has 35 heavy (non-hydrogen) atoms. The first kappa shape index (κ1) is 24.4. The van der Waals surface area contributed by atoms with Gasteiger partial charge in [-0.05, 0) is 42.5 Å². The van der Waals surface area contributed by atoms with Crippen LogP contribution in [0.3, 0.4) is 0 Å². The van der Waals surface area contributed by atoms with Gasteiger partial charge in [-0.15, -0.1) is 10.2 Å². The molecule has 1 N–H and O–H groups in total. The number of nitrogens with zero attached hydrogens (tertiary/aromatic N) is 5. The number of hydrogen-bond acceptors (Lipinski definition) is 7. The number of amides is 1. The number of halogens is 2. The molecule has 1 aromatic heterocycles. The van der Waals surface area contributed by atoms with E-state index < -0.39 is 10.8 Å². The number of nitrogens with one attached hydrogen (secondary N) is 1. The zero-order chi connectivity index (χ0) is 24.8. The molecule has 0 atom stereocenters. The van der Waals surface area contributed by atoms with Crippen LogP contribution in [0.2, 0.25) is 10.0 Å². The summed E-state index contributed by atoms with van der Waals surface area (Å²) >= 11 is 13.2. The number of benzene rings is 3. The maximum Gasteiger partial charge on any atom is 0.270 e. The molecule has 9 nitrogen and oxygen atoms in total. The average molecular weight is 527 g/mol. The van der Waals surface area contributed by atoms with Crippen molar-refractivity contribution in [3.05, 3.63) is 98.5 Å². The number of nitro groups is 1. The van der Waals surface area contributed by atoms with Crippen LogP contribution in [-0.2, 0) is 4.79 Å². The first-order chi connectivity index (χ1) is 16.9. The van der Waals surface area contributed by atoms with Gasteiger partial charge in [-0.25, -0.2) is 5.43 Å². The van der Waals surface area contributed by atoms with Crippen LogP contribution in [0.4, 0.5) is 5.69 Å². The first-order valence-electron chi connectivity index (χ1n) is 10.1. The highest BCUT2D eigenvalue weighted by Crippen LogP contribution is 2.28. The number of nitro benzene ring substituents is 1. The van der Waals surface area contributed by atoms with Crippen LogP contribution in [-0.4, -0.2) is 37.6 Å². The molecule has 0 aliphatic carbocycles. The molecule has 0 radical (unpaired) electrons. The second-order valence-electron chi connectivity index (χ2n) is 7.03. The van der Waals surface area contributed by atoms with E-state index in [2.05, 4.69) is 20.7 Å². The Morgan fingerprint density at radius 1 is 1.09 bits per heavy atom. The van der Waals surface area contributed by atoms with Crippen molar-refractivity contribution in [1.29, 1.82) is 0 Å². The summed E-state index contributed by atoms with van der Waals surface area (Å²) in [5, 5.41) is 24.8. The second-order valence-corrected chi connectivity index (χ2v) is 8.81. The van der Waals surface area contributed by atoms with Crippen LogP contribution in [0, 0.1) is 10.1 Å². The molecule has 0 saturated heterocycles. The third-order valence-electron chi connectivity index (χ3n) is 4.67. The monoisotopic (exact) mass is 526 g/mol. The number of rotatable bonds is 8. The molecular formula is C23H16Cl2N6O3S. The molecule has 0 unspecified atom stereocenters. The van der Waals surface area contributed by atoms with Crippen molar-refractivity contribution >= 4 is 52.8 Å². The van der Waals surface area contributed by atoms with E-state index in [0.29, 0.717) is 21.6 Å². The van der Waals surface area contributed by atoms with Crippen molar-refractivity contribution in [1.82, 2.24) is 20.2 Å². The topological polar surface area (TPSA) is 115 Å². The number of carbonyl (C=O) groups excluding carboxylic acids is 1. The fourth-order valence-corrected chi connectivity index (χ4v) is 4.08. The predicted octanol–water partition coefficient (Wildman–Crippen LogP) is 5.39. The summed E-state index contributed by atoms with van der Waals surface area (Å²) in [7, 11) is 0. The lowest BCUT2D eigenvalue weighted by Crippen LogP contribution is -2.20. The summed E-state index contributed by atoms with van der Waals surface area (Å²) in [5.74, 6) is 0.212. The Kier molecular flexibility index (Phi) is 7.76. The van der Waals surface area contributed by atoms with E-state index >= 15 is 0 Å². The molecule has 4 rings (SSSR count). The SMILES string of the molecule is O=C(CSc1nnc(-c2ccc(Cl)cc2)n1-c1ccccc1)N/N=C/c1cc([N+](=O)[O-])ccc1Cl. The highest BCUT2D eigenvalue weighted by atomic mass is 35.5. The Hall–Kier alpha value is -3.73.